The van der Waals surface area contributed by atoms with Crippen molar-refractivity contribution in [3.05, 3.63) is 0 Å². The van der Waals surface area contributed by atoms with Crippen LogP contribution in [0.25, 0.3) is 0 Å². The van der Waals surface area contributed by atoms with E-state index in [-0.39, 0.29) is 22.4 Å². The van der Waals surface area contributed by atoms with Gasteiger partial charge >= 0.3 is 5.97 Å². The highest BCUT2D eigenvalue weighted by atomic mass is 32.2. The first-order valence-electron chi connectivity index (χ1n) is 5.19. The second kappa shape index (κ2) is 4.01. The number of methoxy groups -OCH3 is 1. The fourth-order valence-corrected chi connectivity index (χ4v) is 4.78. The van der Waals surface area contributed by atoms with E-state index in [4.69, 9.17) is 4.74 Å². The van der Waals surface area contributed by atoms with Crippen LogP contribution in [-0.4, -0.2) is 27.8 Å². The van der Waals surface area contributed by atoms with Crippen LogP contribution >= 0.6 is 0 Å². The molecule has 0 saturated carbocycles. The van der Waals surface area contributed by atoms with E-state index in [0.717, 1.165) is 25.7 Å². The maximum Gasteiger partial charge on any atom is 0.308 e. The number of carbonyl (C=O) groups is 1. The Hall–Kier alpha value is -0.380. The Morgan fingerprint density at radius 2 is 1.86 bits per heavy atom. The van der Waals surface area contributed by atoms with Gasteiger partial charge in [0.05, 0.1) is 13.0 Å². The van der Waals surface area contributed by atoms with E-state index in [1.165, 1.54) is 13.5 Å². The lowest BCUT2D eigenvalue weighted by Gasteiger charge is -2.36. The Morgan fingerprint density at radius 1 is 1.29 bits per heavy atom. The molecule has 2 fully saturated rings. The van der Waals surface area contributed by atoms with Crippen molar-refractivity contribution in [2.45, 2.75) is 42.6 Å². The van der Waals surface area contributed by atoms with Gasteiger partial charge in [0.15, 0.2) is 0 Å². The summed E-state index contributed by atoms with van der Waals surface area (Å²) in [4.78, 5) is 11.4. The van der Waals surface area contributed by atoms with Gasteiger partial charge < -0.3 is 4.74 Å². The van der Waals surface area contributed by atoms with Crippen molar-refractivity contribution >= 4 is 16.8 Å². The predicted molar refractivity (Wildman–Crippen MR) is 54.3 cm³/mol. The smallest absolute Gasteiger partial charge is 0.308 e. The second-order valence-corrected chi connectivity index (χ2v) is 6.19. The highest BCUT2D eigenvalue weighted by Crippen LogP contribution is 2.37. The molecule has 2 heterocycles. The number of esters is 1. The molecule has 2 unspecified atom stereocenters. The predicted octanol–water partition coefficient (Wildman–Crippen LogP) is 1.24. The Kier molecular flexibility index (Phi) is 2.91. The van der Waals surface area contributed by atoms with Crippen LogP contribution in [0.1, 0.15) is 32.1 Å². The zero-order valence-electron chi connectivity index (χ0n) is 8.40. The molecule has 2 atom stereocenters. The van der Waals surface area contributed by atoms with E-state index in [0.29, 0.717) is 0 Å². The topological polar surface area (TPSA) is 43.4 Å². The molecule has 2 bridgehead atoms. The van der Waals surface area contributed by atoms with Crippen molar-refractivity contribution < 1.29 is 13.7 Å². The van der Waals surface area contributed by atoms with Gasteiger partial charge in [-0.25, -0.2) is 0 Å². The number of ether oxygens (including phenoxy) is 1. The van der Waals surface area contributed by atoms with Crippen molar-refractivity contribution in [3.63, 3.8) is 0 Å². The summed E-state index contributed by atoms with van der Waals surface area (Å²) in [5.41, 5.74) is 0. The minimum Gasteiger partial charge on any atom is -0.469 e. The minimum atomic E-state index is -0.683. The Balaban J connectivity index is 2.07. The zero-order valence-corrected chi connectivity index (χ0v) is 9.22. The Labute approximate surface area is 86.7 Å². The molecule has 0 aromatic rings. The van der Waals surface area contributed by atoms with Gasteiger partial charge in [0, 0.05) is 21.3 Å². The van der Waals surface area contributed by atoms with Crippen LogP contribution in [-0.2, 0) is 20.3 Å². The third kappa shape index (κ3) is 1.72. The monoisotopic (exact) mass is 216 g/mol. The summed E-state index contributed by atoms with van der Waals surface area (Å²) >= 11 is 0. The average molecular weight is 216 g/mol. The molecule has 14 heavy (non-hydrogen) atoms. The minimum absolute atomic E-state index is 0.00741. The Bertz CT molecular complexity index is 248. The lowest BCUT2D eigenvalue weighted by Crippen LogP contribution is -2.41. The quantitative estimate of drug-likeness (QED) is 0.619. The van der Waals surface area contributed by atoms with E-state index >= 15 is 0 Å². The number of rotatable bonds is 1. The molecule has 0 N–H and O–H groups in total. The third-order valence-corrected chi connectivity index (χ3v) is 5.51. The molecule has 0 aliphatic carbocycles. The van der Waals surface area contributed by atoms with Gasteiger partial charge in [-0.3, -0.25) is 9.00 Å². The van der Waals surface area contributed by atoms with Gasteiger partial charge in [0.25, 0.3) is 0 Å². The van der Waals surface area contributed by atoms with E-state index in [9.17, 15) is 9.00 Å². The molecule has 2 aliphatic rings. The number of fused-ring (bicyclic) bond motifs is 2. The molecule has 0 amide bonds. The Morgan fingerprint density at radius 3 is 2.36 bits per heavy atom. The van der Waals surface area contributed by atoms with Crippen molar-refractivity contribution in [2.24, 2.45) is 5.92 Å². The average Bonchev–Trinajstić information content (AvgIpc) is 2.16. The molecule has 2 rings (SSSR count). The van der Waals surface area contributed by atoms with Gasteiger partial charge in [0.2, 0.25) is 0 Å². The first-order chi connectivity index (χ1) is 6.72. The van der Waals surface area contributed by atoms with Gasteiger partial charge in [-0.2, -0.15) is 0 Å². The number of hydrogen-bond acceptors (Lipinski definition) is 3. The van der Waals surface area contributed by atoms with E-state index in [1.807, 2.05) is 0 Å². The van der Waals surface area contributed by atoms with Crippen LogP contribution in [0.3, 0.4) is 0 Å². The molecule has 80 valence electrons. The van der Waals surface area contributed by atoms with Crippen LogP contribution in [0.5, 0.6) is 0 Å². The van der Waals surface area contributed by atoms with Crippen LogP contribution in [0, 0.1) is 5.92 Å². The molecule has 4 heteroatoms. The van der Waals surface area contributed by atoms with E-state index in [2.05, 4.69) is 0 Å². The van der Waals surface area contributed by atoms with Gasteiger partial charge in [-0.15, -0.1) is 0 Å². The summed E-state index contributed by atoms with van der Waals surface area (Å²) in [5.74, 6) is -0.105. The van der Waals surface area contributed by atoms with Gasteiger partial charge in [-0.1, -0.05) is 6.42 Å². The summed E-state index contributed by atoms with van der Waals surface area (Å²) in [6.07, 6.45) is 4.77. The zero-order chi connectivity index (χ0) is 10.1. The fourth-order valence-electron chi connectivity index (χ4n) is 2.59. The maximum absolute atomic E-state index is 11.8. The molecule has 3 nitrogen and oxygen atoms in total. The normalized spacial score (nSPS) is 41.8. The van der Waals surface area contributed by atoms with Crippen molar-refractivity contribution in [1.29, 1.82) is 0 Å². The summed E-state index contributed by atoms with van der Waals surface area (Å²) in [7, 11) is 0.751. The first-order valence-corrected chi connectivity index (χ1v) is 6.47. The molecular weight excluding hydrogens is 200 g/mol. The molecule has 0 aromatic carbocycles. The summed E-state index contributed by atoms with van der Waals surface area (Å²) in [5, 5.41) is 0.512. The van der Waals surface area contributed by atoms with Crippen molar-refractivity contribution in [1.82, 2.24) is 0 Å². The van der Waals surface area contributed by atoms with Gasteiger partial charge in [-0.05, 0) is 25.7 Å². The standard InChI is InChI=1S/C10H16O3S/c1-13-10(11)7-5-8-3-2-4-9(6-7)14(8)12/h7-9H,2-6H2,1H3. The summed E-state index contributed by atoms with van der Waals surface area (Å²) < 4.78 is 16.6. The maximum atomic E-state index is 11.8. The highest BCUT2D eigenvalue weighted by molar-refractivity contribution is 7.86. The van der Waals surface area contributed by atoms with Crippen LogP contribution in [0.15, 0.2) is 0 Å². The lowest BCUT2D eigenvalue weighted by atomic mass is 9.89. The van der Waals surface area contributed by atoms with E-state index in [1.54, 1.807) is 0 Å². The highest BCUT2D eigenvalue weighted by Gasteiger charge is 2.40. The number of hydrogen-bond donors (Lipinski definition) is 0. The second-order valence-electron chi connectivity index (χ2n) is 4.19. The van der Waals surface area contributed by atoms with Crippen LogP contribution < -0.4 is 0 Å². The molecule has 0 radical (unpaired) electrons. The molecule has 0 spiro atoms. The van der Waals surface area contributed by atoms with Crippen molar-refractivity contribution in [2.75, 3.05) is 7.11 Å². The molecule has 2 aliphatic heterocycles. The van der Waals surface area contributed by atoms with E-state index < -0.39 is 10.8 Å². The lowest BCUT2D eigenvalue weighted by molar-refractivity contribution is -0.146. The molecular formula is C10H16O3S. The van der Waals surface area contributed by atoms with Crippen molar-refractivity contribution in [3.8, 4) is 0 Å². The van der Waals surface area contributed by atoms with Crippen LogP contribution in [0.4, 0.5) is 0 Å². The first kappa shape index (κ1) is 10.1. The fraction of sp³-hybridized carbons (Fsp3) is 0.900. The summed E-state index contributed by atoms with van der Waals surface area (Å²) in [6.45, 7) is 0. The largest absolute Gasteiger partial charge is 0.469 e. The molecule has 2 saturated heterocycles. The SMILES string of the molecule is COC(=O)C1CC2CCCC(C1)S2=O. The molecule has 0 aromatic heterocycles. The third-order valence-electron chi connectivity index (χ3n) is 3.34. The number of carbonyl (C=O) groups excluding carboxylic acids is 1. The van der Waals surface area contributed by atoms with Crippen LogP contribution in [0.2, 0.25) is 0 Å². The van der Waals surface area contributed by atoms with Gasteiger partial charge in [0.1, 0.15) is 0 Å². The summed E-state index contributed by atoms with van der Waals surface area (Å²) in [6, 6.07) is 0.